The van der Waals surface area contributed by atoms with Gasteiger partial charge in [0.15, 0.2) is 23.4 Å². The number of hydrogen-bond donors (Lipinski definition) is 2. The third-order valence-electron chi connectivity index (χ3n) is 9.83. The zero-order chi connectivity index (χ0) is 31.9. The summed E-state index contributed by atoms with van der Waals surface area (Å²) in [5, 5.41) is 24.2. The molecule has 10 atom stereocenters. The molecule has 0 aromatic heterocycles. The van der Waals surface area contributed by atoms with Gasteiger partial charge in [-0.2, -0.15) is 0 Å². The quantitative estimate of drug-likeness (QED) is 0.130. The van der Waals surface area contributed by atoms with Gasteiger partial charge in [0.05, 0.1) is 11.5 Å². The van der Waals surface area contributed by atoms with Crippen LogP contribution in [0.1, 0.15) is 93.4 Å². The molecule has 2 N–H and O–H groups in total. The van der Waals surface area contributed by atoms with Gasteiger partial charge in [-0.3, -0.25) is 14.4 Å². The van der Waals surface area contributed by atoms with Gasteiger partial charge in [0, 0.05) is 32.6 Å². The second-order valence-electron chi connectivity index (χ2n) is 12.8. The summed E-state index contributed by atoms with van der Waals surface area (Å²) in [6, 6.07) is 0. The van der Waals surface area contributed by atoms with Crippen LogP contribution in [0.4, 0.5) is 0 Å². The van der Waals surface area contributed by atoms with Gasteiger partial charge >= 0.3 is 23.9 Å². The highest BCUT2D eigenvalue weighted by Gasteiger charge is 2.86. The Kier molecular flexibility index (Phi) is 9.50. The van der Waals surface area contributed by atoms with Crippen LogP contribution in [0, 0.1) is 11.3 Å². The molecule has 0 saturated carbocycles. The predicted octanol–water partition coefficient (Wildman–Crippen LogP) is 3.23. The standard InChI is InChI=1S/C32H46O11/c1-8-9-10-11-12-13-23(35)42-26-18(3)16-22-32(31(7,43-32)29(38)41-22)27(37)24-17(2)14-15-21(39-19(4)33)30(24,6)28(25(26)36)40-20(5)34/h14,16,21-22,24-28,36-37H,8-13,15H2,1-7H3/b18-16-/t21-,22-,24+,25+,26-,27-,28-,30-,31-,32-/m0/s1. The summed E-state index contributed by atoms with van der Waals surface area (Å²) in [7, 11) is 0. The molecule has 43 heavy (non-hydrogen) atoms. The summed E-state index contributed by atoms with van der Waals surface area (Å²) < 4.78 is 29.2. The molecule has 11 nitrogen and oxygen atoms in total. The number of hydrogen-bond acceptors (Lipinski definition) is 11. The third-order valence-corrected chi connectivity index (χ3v) is 9.83. The van der Waals surface area contributed by atoms with Crippen LogP contribution in [0.2, 0.25) is 0 Å². The van der Waals surface area contributed by atoms with Crippen LogP contribution in [-0.4, -0.2) is 81.9 Å². The van der Waals surface area contributed by atoms with E-state index in [4.69, 9.17) is 23.7 Å². The highest BCUT2D eigenvalue weighted by molar-refractivity contribution is 5.89. The Morgan fingerprint density at radius 3 is 2.23 bits per heavy atom. The normalized spacial score (nSPS) is 41.2. The Balaban J connectivity index is 1.85. The lowest BCUT2D eigenvalue weighted by molar-refractivity contribution is -0.214. The first kappa shape index (κ1) is 33.1. The van der Waals surface area contributed by atoms with Gasteiger partial charge in [0.25, 0.3) is 0 Å². The van der Waals surface area contributed by atoms with Crippen molar-refractivity contribution in [3.05, 3.63) is 23.3 Å². The molecule has 4 aliphatic rings. The monoisotopic (exact) mass is 606 g/mol. The van der Waals surface area contributed by atoms with Gasteiger partial charge in [-0.1, -0.05) is 51.2 Å². The minimum Gasteiger partial charge on any atom is -0.461 e. The van der Waals surface area contributed by atoms with Gasteiger partial charge in [-0.15, -0.1) is 0 Å². The Labute approximate surface area is 252 Å². The first-order chi connectivity index (χ1) is 20.1. The second-order valence-corrected chi connectivity index (χ2v) is 12.8. The number of aliphatic hydroxyl groups is 2. The topological polar surface area (TPSA) is 158 Å². The molecule has 0 radical (unpaired) electrons. The van der Waals surface area contributed by atoms with Crippen LogP contribution in [0.3, 0.4) is 0 Å². The van der Waals surface area contributed by atoms with Crippen LogP contribution < -0.4 is 0 Å². The lowest BCUT2D eigenvalue weighted by Crippen LogP contribution is -2.65. The summed E-state index contributed by atoms with van der Waals surface area (Å²) in [5.74, 6) is -3.48. The van der Waals surface area contributed by atoms with Gasteiger partial charge in [0.2, 0.25) is 0 Å². The van der Waals surface area contributed by atoms with Crippen molar-refractivity contribution in [1.82, 2.24) is 0 Å². The summed E-state index contributed by atoms with van der Waals surface area (Å²) in [6.07, 6.45) is 0.430. The largest absolute Gasteiger partial charge is 0.461 e. The van der Waals surface area contributed by atoms with Crippen LogP contribution in [0.15, 0.2) is 23.3 Å². The van der Waals surface area contributed by atoms with E-state index < -0.39 is 83.0 Å². The number of esters is 4. The van der Waals surface area contributed by atoms with E-state index in [0.717, 1.165) is 25.7 Å². The molecule has 2 fully saturated rings. The molecular formula is C32H46O11. The van der Waals surface area contributed by atoms with Crippen LogP contribution in [0.25, 0.3) is 0 Å². The molecule has 0 unspecified atom stereocenters. The lowest BCUT2D eigenvalue weighted by atomic mass is 9.56. The summed E-state index contributed by atoms with van der Waals surface area (Å²) in [5.41, 5.74) is -3.48. The van der Waals surface area contributed by atoms with E-state index in [2.05, 4.69) is 6.92 Å². The van der Waals surface area contributed by atoms with Crippen LogP contribution in [-0.2, 0) is 42.9 Å². The Bertz CT molecular complexity index is 1190. The molecule has 11 heteroatoms. The second kappa shape index (κ2) is 12.3. The van der Waals surface area contributed by atoms with Crippen molar-refractivity contribution in [2.24, 2.45) is 11.3 Å². The molecule has 2 heterocycles. The molecule has 0 bridgehead atoms. The maximum absolute atomic E-state index is 13.1. The fourth-order valence-electron chi connectivity index (χ4n) is 7.51. The Morgan fingerprint density at radius 1 is 0.977 bits per heavy atom. The van der Waals surface area contributed by atoms with Crippen molar-refractivity contribution in [3.63, 3.8) is 0 Å². The number of carbonyl (C=O) groups is 4. The number of carbonyl (C=O) groups excluding carboxylic acids is 4. The fraction of sp³-hybridized carbons (Fsp3) is 0.750. The highest BCUT2D eigenvalue weighted by Crippen LogP contribution is 2.64. The summed E-state index contributed by atoms with van der Waals surface area (Å²) in [4.78, 5) is 51.0. The minimum absolute atomic E-state index is 0.124. The van der Waals surface area contributed by atoms with E-state index in [-0.39, 0.29) is 12.8 Å². The number of epoxide rings is 1. The number of unbranched alkanes of at least 4 members (excludes halogenated alkanes) is 4. The number of rotatable bonds is 9. The SMILES string of the molecule is CCCCCCCC(=O)O[C@H]1/C(C)=C\[C@@H]2OC(=O)[C@]3(C)O[C@]23[C@@H](O)[C@H]2C(C)=CC[C@H](OC(C)=O)[C@]2(C)[C@@H](OC(C)=O)[C@@H]1O. The summed E-state index contributed by atoms with van der Waals surface area (Å²) >= 11 is 0. The van der Waals surface area contributed by atoms with E-state index in [0.29, 0.717) is 17.6 Å². The summed E-state index contributed by atoms with van der Waals surface area (Å²) in [6.45, 7) is 11.1. The zero-order valence-electron chi connectivity index (χ0n) is 26.2. The van der Waals surface area contributed by atoms with Crippen molar-refractivity contribution < 1.29 is 53.1 Å². The fourth-order valence-corrected chi connectivity index (χ4v) is 7.51. The van der Waals surface area contributed by atoms with E-state index in [1.807, 2.05) is 6.08 Å². The number of aliphatic hydroxyl groups excluding tert-OH is 2. The highest BCUT2D eigenvalue weighted by atomic mass is 16.7. The van der Waals surface area contributed by atoms with Crippen molar-refractivity contribution in [2.45, 2.75) is 141 Å². The maximum atomic E-state index is 13.1. The van der Waals surface area contributed by atoms with E-state index in [1.165, 1.54) is 19.9 Å². The van der Waals surface area contributed by atoms with Crippen molar-refractivity contribution in [1.29, 1.82) is 0 Å². The average molecular weight is 607 g/mol. The predicted molar refractivity (Wildman–Crippen MR) is 152 cm³/mol. The maximum Gasteiger partial charge on any atom is 0.342 e. The van der Waals surface area contributed by atoms with E-state index in [9.17, 15) is 29.4 Å². The third kappa shape index (κ3) is 5.64. The van der Waals surface area contributed by atoms with Gasteiger partial charge in [-0.05, 0) is 38.8 Å². The molecule has 2 aliphatic heterocycles. The number of ether oxygens (including phenoxy) is 5. The molecule has 4 rings (SSSR count). The van der Waals surface area contributed by atoms with Gasteiger partial charge in [-0.25, -0.2) is 4.79 Å². The number of fused-ring (bicyclic) bond motifs is 1. The van der Waals surface area contributed by atoms with E-state index in [1.54, 1.807) is 27.7 Å². The molecule has 0 amide bonds. The Morgan fingerprint density at radius 2 is 1.63 bits per heavy atom. The average Bonchev–Trinajstić information content (AvgIpc) is 3.52. The van der Waals surface area contributed by atoms with Crippen molar-refractivity contribution >= 4 is 23.9 Å². The minimum atomic E-state index is -1.63. The van der Waals surface area contributed by atoms with Crippen LogP contribution in [0.5, 0.6) is 0 Å². The lowest BCUT2D eigenvalue weighted by Gasteiger charge is -2.53. The molecule has 0 aromatic carbocycles. The van der Waals surface area contributed by atoms with Gasteiger partial charge in [0.1, 0.15) is 18.3 Å². The molecule has 240 valence electrons. The molecule has 2 aliphatic carbocycles. The Hall–Kier alpha value is -2.76. The van der Waals surface area contributed by atoms with Crippen molar-refractivity contribution in [2.75, 3.05) is 0 Å². The molecule has 2 saturated heterocycles. The smallest absolute Gasteiger partial charge is 0.342 e. The first-order valence-electron chi connectivity index (χ1n) is 15.3. The zero-order valence-corrected chi connectivity index (χ0v) is 26.2. The van der Waals surface area contributed by atoms with Gasteiger partial charge < -0.3 is 33.9 Å². The molecular weight excluding hydrogens is 560 g/mol. The van der Waals surface area contributed by atoms with E-state index >= 15 is 0 Å². The first-order valence-corrected chi connectivity index (χ1v) is 15.3. The molecule has 0 aromatic rings. The molecule has 1 spiro atoms. The van der Waals surface area contributed by atoms with Crippen LogP contribution >= 0.6 is 0 Å². The van der Waals surface area contributed by atoms with Crippen molar-refractivity contribution in [3.8, 4) is 0 Å².